The second kappa shape index (κ2) is 9.56. The second-order valence-corrected chi connectivity index (χ2v) is 8.87. The van der Waals surface area contributed by atoms with Crippen LogP contribution in [0.3, 0.4) is 0 Å². The third kappa shape index (κ3) is 4.94. The van der Waals surface area contributed by atoms with Crippen LogP contribution in [-0.2, 0) is 33.3 Å². The van der Waals surface area contributed by atoms with E-state index in [0.717, 1.165) is 4.90 Å². The summed E-state index contributed by atoms with van der Waals surface area (Å²) in [5.74, 6) is -6.89. The highest BCUT2D eigenvalue weighted by Crippen LogP contribution is 2.37. The van der Waals surface area contributed by atoms with Crippen LogP contribution in [0, 0.1) is 0 Å². The summed E-state index contributed by atoms with van der Waals surface area (Å²) in [4.78, 5) is 50.3. The van der Waals surface area contributed by atoms with Gasteiger partial charge in [-0.3, -0.25) is 24.5 Å². The van der Waals surface area contributed by atoms with E-state index in [2.05, 4.69) is 5.32 Å². The zero-order valence-corrected chi connectivity index (χ0v) is 19.4. The molecule has 1 saturated heterocycles. The summed E-state index contributed by atoms with van der Waals surface area (Å²) in [5.41, 5.74) is 0.917. The number of Topliss-reactive ketones (excluding diaryl/α,β-unsaturated/α-hetero) is 1. The van der Waals surface area contributed by atoms with Crippen molar-refractivity contribution in [2.75, 3.05) is 0 Å². The fraction of sp³-hybridized carbons (Fsp3) is 0.385. The van der Waals surface area contributed by atoms with Crippen molar-refractivity contribution in [3.63, 3.8) is 0 Å². The number of carbonyl (C=O) groups is 4. The Kier molecular flexibility index (Phi) is 6.32. The molecule has 4 rings (SSSR count). The molecule has 3 amide bonds. The molecule has 0 spiro atoms. The molecule has 0 radical (unpaired) electrons. The molecule has 0 aromatic heterocycles. The predicted molar refractivity (Wildman–Crippen MR) is 122 cm³/mol. The maximum atomic E-state index is 15.0. The van der Waals surface area contributed by atoms with Crippen LogP contribution in [-0.4, -0.2) is 40.5 Å². The third-order valence-electron chi connectivity index (χ3n) is 5.98. The normalized spacial score (nSPS) is 20.5. The Hall–Kier alpha value is -3.62. The van der Waals surface area contributed by atoms with E-state index in [-0.39, 0.29) is 37.7 Å². The van der Waals surface area contributed by atoms with Crippen molar-refractivity contribution in [1.82, 2.24) is 10.2 Å². The molecule has 1 atom stereocenters. The van der Waals surface area contributed by atoms with Gasteiger partial charge < -0.3 is 9.64 Å². The summed E-state index contributed by atoms with van der Waals surface area (Å²) in [6.07, 6.45) is -0.928. The molecule has 0 aliphatic carbocycles. The number of amides is 3. The fourth-order valence-electron chi connectivity index (χ4n) is 4.26. The van der Waals surface area contributed by atoms with E-state index < -0.39 is 47.4 Å². The zero-order valence-electron chi connectivity index (χ0n) is 20.4. The van der Waals surface area contributed by atoms with Crippen LogP contribution < -0.4 is 10.1 Å². The van der Waals surface area contributed by atoms with Gasteiger partial charge in [-0.05, 0) is 56.0 Å². The van der Waals surface area contributed by atoms with E-state index in [9.17, 15) is 19.2 Å². The van der Waals surface area contributed by atoms with Crippen molar-refractivity contribution in [1.29, 1.82) is 0 Å². The standard InChI is InChI=1S/C26H26F2N2O5/c1-15(2)35-21-6-4-3-5-19(21)26(27,28)22(31)11-8-16-7-9-18-17(13-16)14-30(25(18)34)20-10-12-23(32)29-24(20)33/h3-7,9,13,15,20H,8,10-12,14H2,1-2H3,(H,29,32,33)/t20-/m0/s1/i20D. The van der Waals surface area contributed by atoms with Crippen LogP contribution in [0.25, 0.3) is 0 Å². The van der Waals surface area contributed by atoms with Gasteiger partial charge in [-0.15, -0.1) is 0 Å². The third-order valence-corrected chi connectivity index (χ3v) is 5.98. The molecule has 9 heteroatoms. The van der Waals surface area contributed by atoms with E-state index in [0.29, 0.717) is 16.7 Å². The first-order valence-corrected chi connectivity index (χ1v) is 11.4. The van der Waals surface area contributed by atoms with Crippen LogP contribution in [0.5, 0.6) is 5.75 Å². The van der Waals surface area contributed by atoms with Crippen LogP contribution in [0.4, 0.5) is 8.78 Å². The summed E-state index contributed by atoms with van der Waals surface area (Å²) >= 11 is 0. The molecule has 35 heavy (non-hydrogen) atoms. The number of para-hydroxylation sites is 1. The van der Waals surface area contributed by atoms with Gasteiger partial charge >= 0.3 is 5.92 Å². The minimum absolute atomic E-state index is 0.0180. The van der Waals surface area contributed by atoms with Crippen molar-refractivity contribution >= 4 is 23.5 Å². The molecule has 1 fully saturated rings. The molecule has 2 aliphatic heterocycles. The van der Waals surface area contributed by atoms with Crippen molar-refractivity contribution in [3.05, 3.63) is 64.7 Å². The molecule has 184 valence electrons. The van der Waals surface area contributed by atoms with Gasteiger partial charge in [-0.25, -0.2) is 0 Å². The molecule has 2 aliphatic rings. The summed E-state index contributed by atoms with van der Waals surface area (Å²) < 4.78 is 44.0. The molecule has 2 aromatic rings. The van der Waals surface area contributed by atoms with E-state index in [4.69, 9.17) is 6.11 Å². The Morgan fingerprint density at radius 1 is 1.23 bits per heavy atom. The van der Waals surface area contributed by atoms with Gasteiger partial charge in [-0.1, -0.05) is 24.3 Å². The summed E-state index contributed by atoms with van der Waals surface area (Å²) in [6, 6.07) is 8.37. The van der Waals surface area contributed by atoms with E-state index >= 15 is 8.78 Å². The molecule has 0 saturated carbocycles. The molecular weight excluding hydrogens is 458 g/mol. The number of ether oxygens (including phenoxy) is 1. The van der Waals surface area contributed by atoms with Crippen molar-refractivity contribution in [2.45, 2.75) is 64.1 Å². The van der Waals surface area contributed by atoms with Gasteiger partial charge in [0, 0.05) is 24.9 Å². The van der Waals surface area contributed by atoms with Gasteiger partial charge in [0.05, 0.1) is 13.0 Å². The average Bonchev–Trinajstić information content (AvgIpc) is 3.16. The highest BCUT2D eigenvalue weighted by Gasteiger charge is 2.43. The summed E-state index contributed by atoms with van der Waals surface area (Å²) in [6.45, 7) is 3.38. The molecule has 7 nitrogen and oxygen atoms in total. The lowest BCUT2D eigenvalue weighted by Crippen LogP contribution is -2.52. The molecule has 2 heterocycles. The van der Waals surface area contributed by atoms with Crippen molar-refractivity contribution in [2.24, 2.45) is 0 Å². The number of fused-ring (bicyclic) bond motifs is 1. The van der Waals surface area contributed by atoms with E-state index in [1.807, 2.05) is 0 Å². The lowest BCUT2D eigenvalue weighted by Gasteiger charge is -2.29. The monoisotopic (exact) mass is 485 g/mol. The van der Waals surface area contributed by atoms with Crippen LogP contribution in [0.1, 0.15) is 61.5 Å². The van der Waals surface area contributed by atoms with E-state index in [1.165, 1.54) is 24.3 Å². The number of nitrogens with one attached hydrogen (secondary N) is 1. The highest BCUT2D eigenvalue weighted by atomic mass is 19.3. The first-order valence-electron chi connectivity index (χ1n) is 11.9. The predicted octanol–water partition coefficient (Wildman–Crippen LogP) is 3.53. The number of hydrogen-bond acceptors (Lipinski definition) is 5. The Balaban J connectivity index is 1.47. The molecule has 2 aromatic carbocycles. The van der Waals surface area contributed by atoms with Gasteiger partial charge in [0.15, 0.2) is 0 Å². The number of benzene rings is 2. The van der Waals surface area contributed by atoms with Crippen molar-refractivity contribution < 1.29 is 34.1 Å². The second-order valence-electron chi connectivity index (χ2n) is 8.87. The number of carbonyl (C=O) groups excluding carboxylic acids is 4. The van der Waals surface area contributed by atoms with Gasteiger partial charge in [0.2, 0.25) is 17.6 Å². The first-order chi connectivity index (χ1) is 16.9. The maximum Gasteiger partial charge on any atom is 0.334 e. The van der Waals surface area contributed by atoms with Gasteiger partial charge in [-0.2, -0.15) is 8.78 Å². The number of aryl methyl sites for hydroxylation is 1. The number of imide groups is 1. The smallest absolute Gasteiger partial charge is 0.334 e. The zero-order chi connectivity index (χ0) is 26.3. The summed E-state index contributed by atoms with van der Waals surface area (Å²) in [5, 5.41) is 2.10. The SMILES string of the molecule is [2H][C@]1(N2Cc3cc(CCC(=O)C(F)(F)c4ccccc4OC(C)C)ccc3C2=O)CCC(=O)NC1=O. The van der Waals surface area contributed by atoms with Crippen LogP contribution >= 0.6 is 0 Å². The molecule has 0 bridgehead atoms. The molecule has 1 N–H and O–H groups in total. The number of ketones is 1. The van der Waals surface area contributed by atoms with Gasteiger partial charge in [0.1, 0.15) is 11.8 Å². The Morgan fingerprint density at radius 3 is 2.69 bits per heavy atom. The van der Waals surface area contributed by atoms with Crippen LogP contribution in [0.2, 0.25) is 0 Å². The minimum atomic E-state index is -3.74. The average molecular weight is 486 g/mol. The first kappa shape index (κ1) is 23.1. The Bertz CT molecular complexity index is 1250. The maximum absolute atomic E-state index is 15.0. The molecule has 0 unspecified atom stereocenters. The van der Waals surface area contributed by atoms with Crippen LogP contribution in [0.15, 0.2) is 42.5 Å². The van der Waals surface area contributed by atoms with Gasteiger partial charge in [0.25, 0.3) is 5.91 Å². The quantitative estimate of drug-likeness (QED) is 0.578. The number of alkyl halides is 2. The number of piperidine rings is 1. The Morgan fingerprint density at radius 2 is 1.97 bits per heavy atom. The topological polar surface area (TPSA) is 92.8 Å². The summed E-state index contributed by atoms with van der Waals surface area (Å²) in [7, 11) is 0. The van der Waals surface area contributed by atoms with E-state index in [1.54, 1.807) is 32.0 Å². The number of nitrogens with zero attached hydrogens (tertiary/aromatic N) is 1. The Labute approximate surface area is 202 Å². The van der Waals surface area contributed by atoms with Crippen molar-refractivity contribution in [3.8, 4) is 5.75 Å². The fourth-order valence-corrected chi connectivity index (χ4v) is 4.26. The number of hydrogen-bond donors (Lipinski definition) is 1. The lowest BCUT2D eigenvalue weighted by molar-refractivity contribution is -0.144. The molecular formula is C26H26F2N2O5. The highest BCUT2D eigenvalue weighted by molar-refractivity contribution is 6.05. The minimum Gasteiger partial charge on any atom is -0.490 e. The lowest BCUT2D eigenvalue weighted by atomic mass is 9.97. The number of halogens is 2. The number of rotatable bonds is 8. The largest absolute Gasteiger partial charge is 0.490 e.